The van der Waals surface area contributed by atoms with E-state index in [1.807, 2.05) is 24.3 Å². The Bertz CT molecular complexity index is 1380. The molecule has 3 aromatic carbocycles. The van der Waals surface area contributed by atoms with Gasteiger partial charge in [-0.15, -0.1) is 0 Å². The first-order chi connectivity index (χ1) is 15.9. The fourth-order valence-corrected chi connectivity index (χ4v) is 5.89. The van der Waals surface area contributed by atoms with Crippen LogP contribution in [0.4, 0.5) is 4.39 Å². The Hall–Kier alpha value is -3.69. The Labute approximate surface area is 191 Å². The molecule has 2 N–H and O–H groups in total. The Morgan fingerprint density at radius 2 is 1.85 bits per heavy atom. The molecule has 3 aromatic rings. The van der Waals surface area contributed by atoms with E-state index in [0.29, 0.717) is 24.4 Å². The zero-order valence-electron chi connectivity index (χ0n) is 18.3. The monoisotopic (exact) mass is 438 g/mol. The number of benzene rings is 3. The van der Waals surface area contributed by atoms with Crippen molar-refractivity contribution in [3.63, 3.8) is 0 Å². The summed E-state index contributed by atoms with van der Waals surface area (Å²) in [6.07, 6.45) is 2.83. The molecule has 2 aliphatic carbocycles. The molecule has 0 aromatic heterocycles. The van der Waals surface area contributed by atoms with Gasteiger partial charge in [0.1, 0.15) is 5.82 Å². The summed E-state index contributed by atoms with van der Waals surface area (Å²) in [5.74, 6) is 0.197. The molecule has 0 saturated carbocycles. The normalized spacial score (nSPS) is 25.1. The van der Waals surface area contributed by atoms with E-state index in [0.717, 1.165) is 40.7 Å². The minimum atomic E-state index is -0.964. The lowest BCUT2D eigenvalue weighted by Crippen LogP contribution is -2.47. The molecule has 1 aliphatic heterocycles. The number of guanidine groups is 1. The molecule has 1 heterocycles. The molecular weight excluding hydrogens is 415 g/mol. The molecule has 3 aliphatic rings. The van der Waals surface area contributed by atoms with Crippen molar-refractivity contribution < 1.29 is 9.23 Å². The molecule has 2 spiro atoms. The summed E-state index contributed by atoms with van der Waals surface area (Å²) in [7, 11) is 1.77. The van der Waals surface area contributed by atoms with Gasteiger partial charge < -0.3 is 5.73 Å². The molecule has 0 bridgehead atoms. The summed E-state index contributed by atoms with van der Waals surface area (Å²) < 4.78 is 14.5. The Morgan fingerprint density at radius 3 is 2.64 bits per heavy atom. The summed E-state index contributed by atoms with van der Waals surface area (Å²) >= 11 is 0. The van der Waals surface area contributed by atoms with Crippen LogP contribution in [0.1, 0.15) is 34.2 Å². The summed E-state index contributed by atoms with van der Waals surface area (Å²) in [5, 5.41) is 10.9. The average molecular weight is 439 g/mol. The van der Waals surface area contributed by atoms with Gasteiger partial charge in [-0.05, 0) is 77.8 Å². The molecule has 0 radical (unpaired) electrons. The van der Waals surface area contributed by atoms with Crippen LogP contribution < -0.4 is 5.73 Å². The van der Waals surface area contributed by atoms with Crippen molar-refractivity contribution >= 4 is 5.96 Å². The number of hydrogen-bond donors (Lipinski definition) is 1. The van der Waals surface area contributed by atoms with Crippen molar-refractivity contribution in [1.82, 2.24) is 5.06 Å². The van der Waals surface area contributed by atoms with Gasteiger partial charge in [0.25, 0.3) is 0 Å². The van der Waals surface area contributed by atoms with Crippen LogP contribution in [0, 0.1) is 22.6 Å². The largest absolute Gasteiger partial charge is 0.368 e. The molecule has 2 unspecified atom stereocenters. The maximum atomic E-state index is 14.5. The van der Waals surface area contributed by atoms with E-state index < -0.39 is 5.72 Å². The van der Waals surface area contributed by atoms with Gasteiger partial charge in [0.15, 0.2) is 0 Å². The minimum Gasteiger partial charge on any atom is -0.368 e. The van der Waals surface area contributed by atoms with Crippen LogP contribution in [0.5, 0.6) is 0 Å². The van der Waals surface area contributed by atoms with Crippen LogP contribution in [0.2, 0.25) is 0 Å². The van der Waals surface area contributed by atoms with E-state index in [2.05, 4.69) is 24.3 Å². The molecular formula is C27H23FN4O. The van der Waals surface area contributed by atoms with Gasteiger partial charge in [0.2, 0.25) is 11.7 Å². The summed E-state index contributed by atoms with van der Waals surface area (Å²) in [5.41, 5.74) is 11.5. The second kappa shape index (κ2) is 6.90. The number of hydrogen-bond acceptors (Lipinski definition) is 5. The zero-order chi connectivity index (χ0) is 22.8. The minimum absolute atomic E-state index is 0.140. The second-order valence-corrected chi connectivity index (χ2v) is 9.28. The quantitative estimate of drug-likeness (QED) is 0.610. The zero-order valence-corrected chi connectivity index (χ0v) is 18.3. The van der Waals surface area contributed by atoms with Crippen molar-refractivity contribution in [3.05, 3.63) is 94.3 Å². The third-order valence-corrected chi connectivity index (χ3v) is 7.51. The van der Waals surface area contributed by atoms with E-state index in [1.165, 1.54) is 11.6 Å². The average Bonchev–Trinajstić information content (AvgIpc) is 3.26. The first-order valence-electron chi connectivity index (χ1n) is 11.1. The van der Waals surface area contributed by atoms with Crippen LogP contribution in [-0.2, 0) is 29.8 Å². The summed E-state index contributed by atoms with van der Waals surface area (Å²) in [6.45, 7) is 0. The van der Waals surface area contributed by atoms with Crippen molar-refractivity contribution in [2.24, 2.45) is 16.1 Å². The summed E-state index contributed by atoms with van der Waals surface area (Å²) in [6, 6.07) is 21.5. The number of nitriles is 1. The Kier molecular flexibility index (Phi) is 4.17. The molecule has 6 rings (SSSR count). The Balaban J connectivity index is 1.51. The van der Waals surface area contributed by atoms with Crippen molar-refractivity contribution in [2.75, 3.05) is 7.05 Å². The number of nitrogens with two attached hydrogens (primary N) is 1. The molecule has 2 atom stereocenters. The highest BCUT2D eigenvalue weighted by Crippen LogP contribution is 2.61. The van der Waals surface area contributed by atoms with E-state index in [9.17, 15) is 9.65 Å². The van der Waals surface area contributed by atoms with Crippen LogP contribution in [0.3, 0.4) is 0 Å². The SMILES string of the molecule is CN1OC2(N=C1N)c1cc(-c3cccc(C#N)c3)ccc1CC21CCc2c(F)cccc2C1. The van der Waals surface area contributed by atoms with Gasteiger partial charge in [-0.1, -0.05) is 36.4 Å². The van der Waals surface area contributed by atoms with Crippen LogP contribution in [0.25, 0.3) is 11.1 Å². The van der Waals surface area contributed by atoms with Gasteiger partial charge in [0.05, 0.1) is 11.6 Å². The molecule has 33 heavy (non-hydrogen) atoms. The molecule has 0 saturated heterocycles. The second-order valence-electron chi connectivity index (χ2n) is 9.28. The number of fused-ring (bicyclic) bond motifs is 4. The number of nitrogens with zero attached hydrogens (tertiary/aromatic N) is 3. The maximum absolute atomic E-state index is 14.5. The van der Waals surface area contributed by atoms with Crippen molar-refractivity contribution in [1.29, 1.82) is 5.26 Å². The fraction of sp³-hybridized carbons (Fsp3) is 0.259. The van der Waals surface area contributed by atoms with Crippen LogP contribution >= 0.6 is 0 Å². The smallest absolute Gasteiger partial charge is 0.221 e. The molecule has 5 nitrogen and oxygen atoms in total. The van der Waals surface area contributed by atoms with Crippen LogP contribution in [-0.4, -0.2) is 18.1 Å². The first-order valence-corrected chi connectivity index (χ1v) is 11.1. The van der Waals surface area contributed by atoms with Crippen molar-refractivity contribution in [3.8, 4) is 17.2 Å². The standard InChI is InChI=1S/C27H23FN4O/c1-32-25(30)31-27(33-32)23-13-19(18-5-2-4-17(12-18)16-29)8-9-21(23)15-26(27)11-10-22-20(14-26)6-3-7-24(22)28/h2-9,12-13H,10-11,14-15H2,1H3,(H2,30,31). The first kappa shape index (κ1) is 20.0. The predicted molar refractivity (Wildman–Crippen MR) is 123 cm³/mol. The molecule has 6 heteroatoms. The van der Waals surface area contributed by atoms with E-state index in [1.54, 1.807) is 24.2 Å². The maximum Gasteiger partial charge on any atom is 0.221 e. The summed E-state index contributed by atoms with van der Waals surface area (Å²) in [4.78, 5) is 11.4. The third kappa shape index (κ3) is 2.76. The molecule has 0 amide bonds. The predicted octanol–water partition coefficient (Wildman–Crippen LogP) is 4.44. The van der Waals surface area contributed by atoms with Gasteiger partial charge in [0, 0.05) is 18.0 Å². The number of hydroxylamine groups is 2. The fourth-order valence-electron chi connectivity index (χ4n) is 5.89. The van der Waals surface area contributed by atoms with Crippen molar-refractivity contribution in [2.45, 2.75) is 31.4 Å². The van der Waals surface area contributed by atoms with E-state index >= 15 is 0 Å². The molecule has 0 fully saturated rings. The molecule has 164 valence electrons. The topological polar surface area (TPSA) is 74.6 Å². The van der Waals surface area contributed by atoms with Gasteiger partial charge in [-0.3, -0.25) is 0 Å². The third-order valence-electron chi connectivity index (χ3n) is 7.51. The van der Waals surface area contributed by atoms with Gasteiger partial charge in [-0.25, -0.2) is 19.3 Å². The highest BCUT2D eigenvalue weighted by atomic mass is 19.1. The van der Waals surface area contributed by atoms with Crippen LogP contribution in [0.15, 0.2) is 65.7 Å². The van der Waals surface area contributed by atoms with E-state index in [-0.39, 0.29) is 11.2 Å². The van der Waals surface area contributed by atoms with Gasteiger partial charge >= 0.3 is 0 Å². The van der Waals surface area contributed by atoms with E-state index in [4.69, 9.17) is 15.6 Å². The Morgan fingerprint density at radius 1 is 1.06 bits per heavy atom. The highest BCUT2D eigenvalue weighted by Gasteiger charge is 2.63. The number of rotatable bonds is 1. The number of aliphatic imine (C=N–C) groups is 1. The lowest BCUT2D eigenvalue weighted by molar-refractivity contribution is -0.224. The lowest BCUT2D eigenvalue weighted by atomic mass is 9.65. The van der Waals surface area contributed by atoms with Gasteiger partial charge in [-0.2, -0.15) is 5.26 Å². The lowest BCUT2D eigenvalue weighted by Gasteiger charge is -2.44. The highest BCUT2D eigenvalue weighted by molar-refractivity contribution is 5.79. The number of halogens is 1.